The number of hydrogen-bond acceptors (Lipinski definition) is 3. The zero-order chi connectivity index (χ0) is 13.1. The van der Waals surface area contributed by atoms with Crippen LogP contribution in [0.15, 0.2) is 24.5 Å². The van der Waals surface area contributed by atoms with Gasteiger partial charge in [0.05, 0.1) is 6.54 Å². The second-order valence-electron chi connectivity index (χ2n) is 4.80. The van der Waals surface area contributed by atoms with Crippen molar-refractivity contribution in [1.29, 1.82) is 0 Å². The number of aryl methyl sites for hydroxylation is 3. The quantitative estimate of drug-likeness (QED) is 0.897. The van der Waals surface area contributed by atoms with Crippen molar-refractivity contribution in [2.75, 3.05) is 0 Å². The van der Waals surface area contributed by atoms with Crippen LogP contribution in [0.25, 0.3) is 0 Å². The maximum Gasteiger partial charge on any atom is 0.164 e. The molecule has 0 radical (unpaired) electrons. The molecule has 0 aliphatic heterocycles. The lowest BCUT2D eigenvalue weighted by Gasteiger charge is -2.16. The zero-order valence-corrected chi connectivity index (χ0v) is 11.4. The van der Waals surface area contributed by atoms with E-state index in [2.05, 4.69) is 54.4 Å². The van der Waals surface area contributed by atoms with Crippen LogP contribution in [-0.2, 0) is 13.6 Å². The normalized spacial score (nSPS) is 12.7. The summed E-state index contributed by atoms with van der Waals surface area (Å²) >= 11 is 0. The molecule has 0 bridgehead atoms. The molecule has 1 N–H and O–H groups in total. The van der Waals surface area contributed by atoms with Crippen LogP contribution in [0.1, 0.15) is 35.5 Å². The van der Waals surface area contributed by atoms with E-state index >= 15 is 0 Å². The summed E-state index contributed by atoms with van der Waals surface area (Å²) in [7, 11) is 1.88. The molecule has 1 atom stereocenters. The third kappa shape index (κ3) is 2.96. The van der Waals surface area contributed by atoms with Crippen LogP contribution in [0, 0.1) is 13.8 Å². The smallest absolute Gasteiger partial charge is 0.164 e. The number of benzene rings is 1. The van der Waals surface area contributed by atoms with E-state index in [0.717, 1.165) is 5.82 Å². The van der Waals surface area contributed by atoms with Gasteiger partial charge >= 0.3 is 0 Å². The number of aromatic nitrogens is 3. The van der Waals surface area contributed by atoms with E-state index in [1.165, 1.54) is 16.7 Å². The fourth-order valence-corrected chi connectivity index (χ4v) is 2.05. The molecule has 1 heterocycles. The van der Waals surface area contributed by atoms with E-state index in [0.29, 0.717) is 12.6 Å². The van der Waals surface area contributed by atoms with Crippen molar-refractivity contribution in [2.24, 2.45) is 7.05 Å². The van der Waals surface area contributed by atoms with Gasteiger partial charge in [-0.25, -0.2) is 4.98 Å². The highest BCUT2D eigenvalue weighted by molar-refractivity contribution is 5.32. The van der Waals surface area contributed by atoms with E-state index in [-0.39, 0.29) is 0 Å². The van der Waals surface area contributed by atoms with Gasteiger partial charge in [0.1, 0.15) is 6.33 Å². The molecule has 1 aromatic carbocycles. The van der Waals surface area contributed by atoms with Crippen LogP contribution in [0.4, 0.5) is 0 Å². The van der Waals surface area contributed by atoms with Crippen LogP contribution < -0.4 is 5.32 Å². The summed E-state index contributed by atoms with van der Waals surface area (Å²) in [4.78, 5) is 4.21. The molecule has 0 amide bonds. The van der Waals surface area contributed by atoms with Gasteiger partial charge in [0.15, 0.2) is 5.82 Å². The third-order valence-electron chi connectivity index (χ3n) is 3.11. The van der Waals surface area contributed by atoms with E-state index in [4.69, 9.17) is 0 Å². The van der Waals surface area contributed by atoms with Gasteiger partial charge in [0.2, 0.25) is 0 Å². The fourth-order valence-electron chi connectivity index (χ4n) is 2.05. The molecular formula is C14H20N4. The van der Waals surface area contributed by atoms with Crippen LogP contribution in [-0.4, -0.2) is 14.8 Å². The largest absolute Gasteiger partial charge is 0.303 e. The Morgan fingerprint density at radius 1 is 1.33 bits per heavy atom. The van der Waals surface area contributed by atoms with Gasteiger partial charge in [-0.1, -0.05) is 23.8 Å². The van der Waals surface area contributed by atoms with Crippen LogP contribution in [0.5, 0.6) is 0 Å². The summed E-state index contributed by atoms with van der Waals surface area (Å²) in [5, 5.41) is 7.72. The van der Waals surface area contributed by atoms with Gasteiger partial charge in [-0.15, -0.1) is 0 Å². The molecule has 0 spiro atoms. The first-order valence-electron chi connectivity index (χ1n) is 6.21. The number of hydrogen-bond donors (Lipinski definition) is 1. The Labute approximate surface area is 108 Å². The topological polar surface area (TPSA) is 42.7 Å². The first-order valence-corrected chi connectivity index (χ1v) is 6.21. The van der Waals surface area contributed by atoms with Crippen molar-refractivity contribution < 1.29 is 0 Å². The lowest BCUT2D eigenvalue weighted by Crippen LogP contribution is -2.20. The van der Waals surface area contributed by atoms with Crippen molar-refractivity contribution in [3.05, 3.63) is 47.0 Å². The highest BCUT2D eigenvalue weighted by Crippen LogP contribution is 2.18. The first kappa shape index (κ1) is 12.8. The third-order valence-corrected chi connectivity index (χ3v) is 3.11. The highest BCUT2D eigenvalue weighted by atomic mass is 15.3. The van der Waals surface area contributed by atoms with Crippen molar-refractivity contribution >= 4 is 0 Å². The maximum absolute atomic E-state index is 4.26. The Morgan fingerprint density at radius 3 is 2.78 bits per heavy atom. The lowest BCUT2D eigenvalue weighted by molar-refractivity contribution is 0.554. The Kier molecular flexibility index (Phi) is 3.77. The van der Waals surface area contributed by atoms with Crippen molar-refractivity contribution in [3.63, 3.8) is 0 Å². The minimum atomic E-state index is 0.300. The molecule has 0 saturated carbocycles. The minimum Gasteiger partial charge on any atom is -0.303 e. The van der Waals surface area contributed by atoms with Crippen LogP contribution in [0.3, 0.4) is 0 Å². The summed E-state index contributed by atoms with van der Waals surface area (Å²) < 4.78 is 1.72. The molecule has 96 valence electrons. The molecule has 0 saturated heterocycles. The Balaban J connectivity index is 2.03. The summed E-state index contributed by atoms with van der Waals surface area (Å²) in [5.41, 5.74) is 3.95. The summed E-state index contributed by atoms with van der Waals surface area (Å²) in [6.07, 6.45) is 1.72. The summed E-state index contributed by atoms with van der Waals surface area (Å²) in [6, 6.07) is 6.85. The molecule has 4 heteroatoms. The highest BCUT2D eigenvalue weighted by Gasteiger charge is 2.09. The zero-order valence-electron chi connectivity index (χ0n) is 11.4. The molecule has 0 aliphatic carbocycles. The van der Waals surface area contributed by atoms with Gasteiger partial charge in [0, 0.05) is 13.1 Å². The monoisotopic (exact) mass is 244 g/mol. The van der Waals surface area contributed by atoms with Gasteiger partial charge in [-0.05, 0) is 31.9 Å². The lowest BCUT2D eigenvalue weighted by atomic mass is 10.00. The van der Waals surface area contributed by atoms with Gasteiger partial charge in [-0.2, -0.15) is 5.10 Å². The first-order chi connectivity index (χ1) is 8.56. The summed E-state index contributed by atoms with van der Waals surface area (Å²) in [6.45, 7) is 7.13. The Hall–Kier alpha value is -1.68. The number of nitrogens with one attached hydrogen (secondary N) is 1. The fraction of sp³-hybridized carbons (Fsp3) is 0.429. The second-order valence-corrected chi connectivity index (χ2v) is 4.80. The van der Waals surface area contributed by atoms with Crippen LogP contribution >= 0.6 is 0 Å². The average molecular weight is 244 g/mol. The van der Waals surface area contributed by atoms with E-state index < -0.39 is 0 Å². The standard InChI is InChI=1S/C14H20N4/c1-10-5-6-11(2)13(7-10)12(3)15-8-14-16-9-18(4)17-14/h5-7,9,12,15H,8H2,1-4H3. The van der Waals surface area contributed by atoms with Gasteiger partial charge in [0.25, 0.3) is 0 Å². The van der Waals surface area contributed by atoms with Crippen LogP contribution in [0.2, 0.25) is 0 Å². The van der Waals surface area contributed by atoms with E-state index in [1.54, 1.807) is 11.0 Å². The average Bonchev–Trinajstić information content (AvgIpc) is 2.75. The predicted molar refractivity (Wildman–Crippen MR) is 72.2 cm³/mol. The SMILES string of the molecule is Cc1ccc(C)c(C(C)NCc2ncn(C)n2)c1. The maximum atomic E-state index is 4.26. The second kappa shape index (κ2) is 5.31. The number of nitrogens with zero attached hydrogens (tertiary/aromatic N) is 3. The molecule has 18 heavy (non-hydrogen) atoms. The minimum absolute atomic E-state index is 0.300. The molecule has 2 rings (SSSR count). The van der Waals surface area contributed by atoms with Crippen molar-refractivity contribution in [3.8, 4) is 0 Å². The van der Waals surface area contributed by atoms with Gasteiger partial charge < -0.3 is 5.32 Å². The molecule has 0 aliphatic rings. The van der Waals surface area contributed by atoms with Gasteiger partial charge in [-0.3, -0.25) is 4.68 Å². The predicted octanol–water partition coefficient (Wildman–Crippen LogP) is 2.28. The molecule has 2 aromatic rings. The molecular weight excluding hydrogens is 224 g/mol. The molecule has 0 fully saturated rings. The molecule has 1 unspecified atom stereocenters. The Morgan fingerprint density at radius 2 is 2.11 bits per heavy atom. The van der Waals surface area contributed by atoms with E-state index in [1.807, 2.05) is 7.05 Å². The summed E-state index contributed by atoms with van der Waals surface area (Å²) in [5.74, 6) is 0.828. The number of rotatable bonds is 4. The van der Waals surface area contributed by atoms with Crippen molar-refractivity contribution in [1.82, 2.24) is 20.1 Å². The molecule has 4 nitrogen and oxygen atoms in total. The van der Waals surface area contributed by atoms with E-state index in [9.17, 15) is 0 Å². The molecule has 1 aromatic heterocycles. The Bertz CT molecular complexity index is 530. The van der Waals surface area contributed by atoms with Crippen molar-refractivity contribution in [2.45, 2.75) is 33.4 Å².